The molecular formula is C21H17ClN6O2. The number of urea groups is 1. The Morgan fingerprint density at radius 3 is 2.53 bits per heavy atom. The maximum atomic E-state index is 12.1. The van der Waals surface area contributed by atoms with Crippen molar-refractivity contribution in [2.75, 3.05) is 10.6 Å². The number of rotatable bonds is 5. The van der Waals surface area contributed by atoms with Crippen molar-refractivity contribution in [3.63, 3.8) is 0 Å². The van der Waals surface area contributed by atoms with Crippen molar-refractivity contribution in [3.05, 3.63) is 84.2 Å². The summed E-state index contributed by atoms with van der Waals surface area (Å²) in [6, 6.07) is 15.2. The summed E-state index contributed by atoms with van der Waals surface area (Å²) in [5.41, 5.74) is 1.21. The Kier molecular flexibility index (Phi) is 5.58. The van der Waals surface area contributed by atoms with E-state index in [4.69, 9.17) is 16.3 Å². The number of carbonyl (C=O) groups excluding carboxylic acids is 1. The van der Waals surface area contributed by atoms with E-state index in [0.29, 0.717) is 33.8 Å². The number of amides is 2. The molecule has 0 aliphatic heterocycles. The molecule has 4 aromatic rings. The van der Waals surface area contributed by atoms with E-state index in [1.54, 1.807) is 60.8 Å². The van der Waals surface area contributed by atoms with Gasteiger partial charge < -0.3 is 15.4 Å². The quantitative estimate of drug-likeness (QED) is 0.470. The molecule has 2 heterocycles. The van der Waals surface area contributed by atoms with Gasteiger partial charge in [0.1, 0.15) is 23.7 Å². The molecule has 2 amide bonds. The maximum Gasteiger partial charge on any atom is 0.323 e. The van der Waals surface area contributed by atoms with Gasteiger partial charge in [0.2, 0.25) is 5.88 Å². The summed E-state index contributed by atoms with van der Waals surface area (Å²) in [6.45, 7) is 1.89. The Hall–Kier alpha value is -3.91. The lowest BCUT2D eigenvalue weighted by Crippen LogP contribution is -2.19. The van der Waals surface area contributed by atoms with E-state index >= 15 is 0 Å². The first kappa shape index (κ1) is 19.4. The number of carbonyl (C=O) groups is 1. The molecule has 0 atom stereocenters. The van der Waals surface area contributed by atoms with Gasteiger partial charge in [-0.3, -0.25) is 4.57 Å². The van der Waals surface area contributed by atoms with E-state index in [2.05, 4.69) is 25.6 Å². The number of hydrogen-bond donors (Lipinski definition) is 2. The number of halogens is 1. The molecule has 0 aliphatic rings. The predicted octanol–water partition coefficient (Wildman–Crippen LogP) is 5.06. The summed E-state index contributed by atoms with van der Waals surface area (Å²) < 4.78 is 7.63. The molecule has 0 aliphatic carbocycles. The SMILES string of the molecule is Cc1nccn1-c1cc(Oc2ccc(NC(=O)Nc3cccc(Cl)c3)cc2)ncn1. The second kappa shape index (κ2) is 8.62. The number of nitrogens with zero attached hydrogens (tertiary/aromatic N) is 4. The molecule has 2 N–H and O–H groups in total. The van der Waals surface area contributed by atoms with Gasteiger partial charge in [-0.1, -0.05) is 17.7 Å². The lowest BCUT2D eigenvalue weighted by atomic mass is 10.3. The van der Waals surface area contributed by atoms with E-state index in [1.165, 1.54) is 6.33 Å². The van der Waals surface area contributed by atoms with E-state index < -0.39 is 0 Å². The van der Waals surface area contributed by atoms with Crippen LogP contribution in [0.4, 0.5) is 16.2 Å². The molecule has 0 saturated heterocycles. The van der Waals surface area contributed by atoms with Crippen molar-refractivity contribution in [2.24, 2.45) is 0 Å². The highest BCUT2D eigenvalue weighted by Crippen LogP contribution is 2.23. The fourth-order valence-electron chi connectivity index (χ4n) is 2.72. The van der Waals surface area contributed by atoms with Gasteiger partial charge in [0, 0.05) is 34.9 Å². The second-order valence-electron chi connectivity index (χ2n) is 6.27. The van der Waals surface area contributed by atoms with Crippen molar-refractivity contribution in [3.8, 4) is 17.4 Å². The number of nitrogens with one attached hydrogen (secondary N) is 2. The van der Waals surface area contributed by atoms with Crippen LogP contribution in [-0.4, -0.2) is 25.6 Å². The topological polar surface area (TPSA) is 94.0 Å². The molecule has 0 unspecified atom stereocenters. The van der Waals surface area contributed by atoms with E-state index in [-0.39, 0.29) is 6.03 Å². The Balaban J connectivity index is 1.39. The first-order valence-corrected chi connectivity index (χ1v) is 9.38. The summed E-state index contributed by atoms with van der Waals surface area (Å²) in [4.78, 5) is 24.7. The lowest BCUT2D eigenvalue weighted by Gasteiger charge is -2.10. The summed E-state index contributed by atoms with van der Waals surface area (Å²) >= 11 is 5.92. The van der Waals surface area contributed by atoms with Gasteiger partial charge in [-0.05, 0) is 49.4 Å². The molecule has 8 nitrogen and oxygen atoms in total. The minimum Gasteiger partial charge on any atom is -0.439 e. The third-order valence-electron chi connectivity index (χ3n) is 4.12. The molecule has 0 saturated carbocycles. The second-order valence-corrected chi connectivity index (χ2v) is 6.71. The van der Waals surface area contributed by atoms with Gasteiger partial charge in [0.05, 0.1) is 0 Å². The third-order valence-corrected chi connectivity index (χ3v) is 4.35. The Labute approximate surface area is 177 Å². The standard InChI is InChI=1S/C21H17ClN6O2/c1-14-23-9-10-28(14)19-12-20(25-13-24-19)30-18-7-5-16(6-8-18)26-21(29)27-17-4-2-3-15(22)11-17/h2-13H,1H3,(H2,26,27,29). The fourth-order valence-corrected chi connectivity index (χ4v) is 2.91. The van der Waals surface area contributed by atoms with Crippen LogP contribution in [0.3, 0.4) is 0 Å². The minimum atomic E-state index is -0.373. The van der Waals surface area contributed by atoms with Crippen molar-refractivity contribution in [1.82, 2.24) is 19.5 Å². The number of imidazole rings is 1. The van der Waals surface area contributed by atoms with Crippen LogP contribution < -0.4 is 15.4 Å². The highest BCUT2D eigenvalue weighted by molar-refractivity contribution is 6.30. The summed E-state index contributed by atoms with van der Waals surface area (Å²) in [7, 11) is 0. The van der Waals surface area contributed by atoms with Crippen LogP contribution >= 0.6 is 11.6 Å². The molecule has 0 radical (unpaired) electrons. The first-order chi connectivity index (χ1) is 14.6. The molecule has 2 aromatic heterocycles. The molecule has 4 rings (SSSR count). The lowest BCUT2D eigenvalue weighted by molar-refractivity contribution is 0.262. The molecule has 2 aromatic carbocycles. The fraction of sp³-hybridized carbons (Fsp3) is 0.0476. The van der Waals surface area contributed by atoms with Crippen molar-refractivity contribution in [2.45, 2.75) is 6.92 Å². The maximum absolute atomic E-state index is 12.1. The minimum absolute atomic E-state index is 0.373. The number of benzene rings is 2. The van der Waals surface area contributed by atoms with Gasteiger partial charge in [-0.2, -0.15) is 0 Å². The number of anilines is 2. The van der Waals surface area contributed by atoms with E-state index in [1.807, 2.05) is 17.7 Å². The van der Waals surface area contributed by atoms with Gasteiger partial charge >= 0.3 is 6.03 Å². The normalized spacial score (nSPS) is 10.5. The highest BCUT2D eigenvalue weighted by atomic mass is 35.5. The molecular weight excluding hydrogens is 404 g/mol. The molecule has 150 valence electrons. The first-order valence-electron chi connectivity index (χ1n) is 9.01. The van der Waals surface area contributed by atoms with Crippen molar-refractivity contribution >= 4 is 29.0 Å². The van der Waals surface area contributed by atoms with Gasteiger partial charge in [-0.15, -0.1) is 0 Å². The van der Waals surface area contributed by atoms with Gasteiger partial charge in [0.15, 0.2) is 0 Å². The van der Waals surface area contributed by atoms with Crippen LogP contribution in [0.5, 0.6) is 11.6 Å². The van der Waals surface area contributed by atoms with Crippen LogP contribution in [0, 0.1) is 6.92 Å². The molecule has 30 heavy (non-hydrogen) atoms. The zero-order valence-electron chi connectivity index (χ0n) is 15.9. The molecule has 9 heteroatoms. The number of hydrogen-bond acceptors (Lipinski definition) is 5. The average Bonchev–Trinajstić information content (AvgIpc) is 3.16. The molecule has 0 bridgehead atoms. The van der Waals surface area contributed by atoms with Crippen LogP contribution in [0.2, 0.25) is 5.02 Å². The van der Waals surface area contributed by atoms with Crippen LogP contribution in [0.25, 0.3) is 5.82 Å². The Morgan fingerprint density at radius 2 is 1.80 bits per heavy atom. The van der Waals surface area contributed by atoms with Crippen molar-refractivity contribution in [1.29, 1.82) is 0 Å². The summed E-state index contributed by atoms with van der Waals surface area (Å²) in [5.74, 6) is 2.44. The number of aromatic nitrogens is 4. The van der Waals surface area contributed by atoms with E-state index in [9.17, 15) is 4.79 Å². The molecule has 0 fully saturated rings. The number of ether oxygens (including phenoxy) is 1. The highest BCUT2D eigenvalue weighted by Gasteiger charge is 2.07. The number of aryl methyl sites for hydroxylation is 1. The Morgan fingerprint density at radius 1 is 1.00 bits per heavy atom. The smallest absolute Gasteiger partial charge is 0.323 e. The Bertz CT molecular complexity index is 1180. The predicted molar refractivity (Wildman–Crippen MR) is 115 cm³/mol. The zero-order chi connectivity index (χ0) is 20.9. The van der Waals surface area contributed by atoms with Crippen LogP contribution in [0.1, 0.15) is 5.82 Å². The van der Waals surface area contributed by atoms with Gasteiger partial charge in [0.25, 0.3) is 0 Å². The third kappa shape index (κ3) is 4.73. The average molecular weight is 421 g/mol. The summed E-state index contributed by atoms with van der Waals surface area (Å²) in [5, 5.41) is 6.02. The van der Waals surface area contributed by atoms with Crippen LogP contribution in [-0.2, 0) is 0 Å². The van der Waals surface area contributed by atoms with Crippen molar-refractivity contribution < 1.29 is 9.53 Å². The monoisotopic (exact) mass is 420 g/mol. The van der Waals surface area contributed by atoms with E-state index in [0.717, 1.165) is 5.82 Å². The van der Waals surface area contributed by atoms with Gasteiger partial charge in [-0.25, -0.2) is 19.7 Å². The van der Waals surface area contributed by atoms with Crippen LogP contribution in [0.15, 0.2) is 73.3 Å². The summed E-state index contributed by atoms with van der Waals surface area (Å²) in [6.07, 6.45) is 4.95. The zero-order valence-corrected chi connectivity index (χ0v) is 16.7. The molecule has 0 spiro atoms. The largest absolute Gasteiger partial charge is 0.439 e.